The van der Waals surface area contributed by atoms with E-state index in [1.54, 1.807) is 15.8 Å². The highest BCUT2D eigenvalue weighted by Crippen LogP contribution is 2.29. The molecule has 2 heterocycles. The average Bonchev–Trinajstić information content (AvgIpc) is 2.85. The molecule has 1 atom stereocenters. The Hall–Kier alpha value is -2.05. The van der Waals surface area contributed by atoms with Gasteiger partial charge in [0, 0.05) is 31.4 Å². The van der Waals surface area contributed by atoms with Gasteiger partial charge in [0.05, 0.1) is 11.3 Å². The van der Waals surface area contributed by atoms with E-state index in [2.05, 4.69) is 5.10 Å². The molecule has 1 aromatic carbocycles. The number of nitrogens with zero attached hydrogens (tertiary/aromatic N) is 3. The van der Waals surface area contributed by atoms with Gasteiger partial charge in [-0.15, -0.1) is 0 Å². The SMILES string of the molecule is Cc1cc(OCC2(O)CCCN(C(=O)c3cn(C)nc3C)CC2)cc(C)c1Cl. The third-order valence-electron chi connectivity index (χ3n) is 5.37. The number of hydrogen-bond acceptors (Lipinski definition) is 4. The predicted molar refractivity (Wildman–Crippen MR) is 109 cm³/mol. The monoisotopic (exact) mass is 405 g/mol. The molecule has 28 heavy (non-hydrogen) atoms. The number of amides is 1. The molecule has 0 spiro atoms. The van der Waals surface area contributed by atoms with Crippen molar-refractivity contribution < 1.29 is 14.6 Å². The van der Waals surface area contributed by atoms with Crippen molar-refractivity contribution in [1.82, 2.24) is 14.7 Å². The minimum Gasteiger partial charge on any atom is -0.491 e. The van der Waals surface area contributed by atoms with Crippen LogP contribution in [0.25, 0.3) is 0 Å². The first-order chi connectivity index (χ1) is 13.2. The molecule has 3 rings (SSSR count). The lowest BCUT2D eigenvalue weighted by Crippen LogP contribution is -2.38. The Morgan fingerprint density at radius 3 is 2.54 bits per heavy atom. The molecular formula is C21H28ClN3O3. The maximum Gasteiger partial charge on any atom is 0.257 e. The summed E-state index contributed by atoms with van der Waals surface area (Å²) in [6.45, 7) is 7.02. The second-order valence-electron chi connectivity index (χ2n) is 7.83. The minimum atomic E-state index is -0.958. The van der Waals surface area contributed by atoms with E-state index in [0.717, 1.165) is 28.3 Å². The summed E-state index contributed by atoms with van der Waals surface area (Å²) in [5.74, 6) is 0.677. The fourth-order valence-electron chi connectivity index (χ4n) is 3.71. The number of aliphatic hydroxyl groups is 1. The van der Waals surface area contributed by atoms with E-state index in [1.807, 2.05) is 40.0 Å². The summed E-state index contributed by atoms with van der Waals surface area (Å²) in [5.41, 5.74) is 2.29. The topological polar surface area (TPSA) is 67.6 Å². The van der Waals surface area contributed by atoms with Crippen molar-refractivity contribution in [3.05, 3.63) is 45.7 Å². The van der Waals surface area contributed by atoms with Crippen molar-refractivity contribution >= 4 is 17.5 Å². The van der Waals surface area contributed by atoms with Gasteiger partial charge in [-0.3, -0.25) is 9.48 Å². The molecule has 0 aliphatic carbocycles. The van der Waals surface area contributed by atoms with Crippen LogP contribution in [0, 0.1) is 20.8 Å². The normalized spacial score (nSPS) is 20.1. The van der Waals surface area contributed by atoms with Crippen LogP contribution in [0.1, 0.15) is 46.4 Å². The number of carbonyl (C=O) groups is 1. The average molecular weight is 406 g/mol. The van der Waals surface area contributed by atoms with Crippen molar-refractivity contribution in [2.75, 3.05) is 19.7 Å². The van der Waals surface area contributed by atoms with Crippen LogP contribution in [0.5, 0.6) is 5.75 Å². The molecule has 1 saturated heterocycles. The molecular weight excluding hydrogens is 378 g/mol. The summed E-state index contributed by atoms with van der Waals surface area (Å²) >= 11 is 6.21. The zero-order valence-corrected chi connectivity index (χ0v) is 17.7. The fourth-order valence-corrected chi connectivity index (χ4v) is 3.82. The maximum atomic E-state index is 12.8. The van der Waals surface area contributed by atoms with E-state index in [1.165, 1.54) is 0 Å². The van der Waals surface area contributed by atoms with Crippen LogP contribution in [-0.4, -0.2) is 51.0 Å². The lowest BCUT2D eigenvalue weighted by atomic mass is 9.96. The first kappa shape index (κ1) is 20.7. The Morgan fingerprint density at radius 2 is 1.93 bits per heavy atom. The fraction of sp³-hybridized carbons (Fsp3) is 0.524. The smallest absolute Gasteiger partial charge is 0.257 e. The number of hydrogen-bond donors (Lipinski definition) is 1. The Balaban J connectivity index is 1.63. The lowest BCUT2D eigenvalue weighted by Gasteiger charge is -2.27. The molecule has 1 amide bonds. The minimum absolute atomic E-state index is 0.0280. The third-order valence-corrected chi connectivity index (χ3v) is 5.96. The summed E-state index contributed by atoms with van der Waals surface area (Å²) in [7, 11) is 1.81. The third kappa shape index (κ3) is 4.50. The van der Waals surface area contributed by atoms with Gasteiger partial charge in [0.2, 0.25) is 0 Å². The molecule has 1 aliphatic rings. The second-order valence-corrected chi connectivity index (χ2v) is 8.21. The lowest BCUT2D eigenvalue weighted by molar-refractivity contribution is -0.0163. The van der Waals surface area contributed by atoms with Crippen LogP contribution in [0.4, 0.5) is 0 Å². The standard InChI is InChI=1S/C21H28ClN3O3/c1-14-10-17(11-15(2)19(14)22)28-13-21(27)6-5-8-25(9-7-21)20(26)18-12-24(4)23-16(18)3/h10-12,27H,5-9,13H2,1-4H3. The largest absolute Gasteiger partial charge is 0.491 e. The van der Waals surface area contributed by atoms with E-state index in [4.69, 9.17) is 16.3 Å². The van der Waals surface area contributed by atoms with E-state index in [0.29, 0.717) is 37.2 Å². The number of carbonyl (C=O) groups excluding carboxylic acids is 1. The molecule has 7 heteroatoms. The van der Waals surface area contributed by atoms with E-state index >= 15 is 0 Å². The van der Waals surface area contributed by atoms with Crippen molar-refractivity contribution in [3.63, 3.8) is 0 Å². The van der Waals surface area contributed by atoms with Crippen LogP contribution in [0.3, 0.4) is 0 Å². The Morgan fingerprint density at radius 1 is 1.25 bits per heavy atom. The van der Waals surface area contributed by atoms with Gasteiger partial charge in [-0.25, -0.2) is 0 Å². The molecule has 1 fully saturated rings. The summed E-state index contributed by atoms with van der Waals surface area (Å²) in [6.07, 6.45) is 3.55. The molecule has 1 unspecified atom stereocenters. The van der Waals surface area contributed by atoms with E-state index in [-0.39, 0.29) is 12.5 Å². The predicted octanol–water partition coefficient (Wildman–Crippen LogP) is 3.43. The summed E-state index contributed by atoms with van der Waals surface area (Å²) < 4.78 is 7.55. The van der Waals surface area contributed by atoms with Crippen molar-refractivity contribution in [3.8, 4) is 5.75 Å². The Labute approximate surface area is 171 Å². The number of ether oxygens (including phenoxy) is 1. The molecule has 1 N–H and O–H groups in total. The molecule has 1 aromatic heterocycles. The van der Waals surface area contributed by atoms with Gasteiger partial charge in [-0.1, -0.05) is 11.6 Å². The van der Waals surface area contributed by atoms with Gasteiger partial charge in [0.1, 0.15) is 18.0 Å². The highest BCUT2D eigenvalue weighted by Gasteiger charge is 2.33. The summed E-state index contributed by atoms with van der Waals surface area (Å²) in [5, 5.41) is 16.0. The highest BCUT2D eigenvalue weighted by molar-refractivity contribution is 6.32. The van der Waals surface area contributed by atoms with Gasteiger partial charge < -0.3 is 14.7 Å². The maximum absolute atomic E-state index is 12.8. The number of benzene rings is 1. The number of aryl methyl sites for hydroxylation is 4. The first-order valence-electron chi connectivity index (χ1n) is 9.60. The first-order valence-corrected chi connectivity index (χ1v) is 9.98. The van der Waals surface area contributed by atoms with Crippen LogP contribution in [0.2, 0.25) is 5.02 Å². The van der Waals surface area contributed by atoms with Gasteiger partial charge >= 0.3 is 0 Å². The zero-order chi connectivity index (χ0) is 20.5. The van der Waals surface area contributed by atoms with Crippen molar-refractivity contribution in [2.45, 2.75) is 45.6 Å². The van der Waals surface area contributed by atoms with E-state index < -0.39 is 5.60 Å². The zero-order valence-electron chi connectivity index (χ0n) is 17.0. The van der Waals surface area contributed by atoms with Crippen LogP contribution < -0.4 is 4.74 Å². The van der Waals surface area contributed by atoms with Gasteiger partial charge in [0.15, 0.2) is 0 Å². The Kier molecular flexibility index (Phi) is 6.01. The second kappa shape index (κ2) is 8.13. The molecule has 0 bridgehead atoms. The molecule has 1 aliphatic heterocycles. The number of halogens is 1. The molecule has 0 radical (unpaired) electrons. The molecule has 0 saturated carbocycles. The number of likely N-dealkylation sites (tertiary alicyclic amines) is 1. The molecule has 6 nitrogen and oxygen atoms in total. The van der Waals surface area contributed by atoms with E-state index in [9.17, 15) is 9.90 Å². The number of rotatable bonds is 4. The van der Waals surface area contributed by atoms with Crippen LogP contribution in [-0.2, 0) is 7.05 Å². The van der Waals surface area contributed by atoms with Crippen molar-refractivity contribution in [2.24, 2.45) is 7.05 Å². The molecule has 152 valence electrons. The van der Waals surface area contributed by atoms with Gasteiger partial charge in [0.25, 0.3) is 5.91 Å². The Bertz CT molecular complexity index is 857. The number of aromatic nitrogens is 2. The van der Waals surface area contributed by atoms with Crippen LogP contribution in [0.15, 0.2) is 18.3 Å². The van der Waals surface area contributed by atoms with Gasteiger partial charge in [-0.2, -0.15) is 5.10 Å². The summed E-state index contributed by atoms with van der Waals surface area (Å²) in [4.78, 5) is 14.6. The quantitative estimate of drug-likeness (QED) is 0.846. The summed E-state index contributed by atoms with van der Waals surface area (Å²) in [6, 6.07) is 3.77. The molecule has 2 aromatic rings. The van der Waals surface area contributed by atoms with Crippen molar-refractivity contribution in [1.29, 1.82) is 0 Å². The highest BCUT2D eigenvalue weighted by atomic mass is 35.5. The van der Waals surface area contributed by atoms with Gasteiger partial charge in [-0.05, 0) is 63.3 Å². The van der Waals surface area contributed by atoms with Crippen LogP contribution >= 0.6 is 11.6 Å².